The number of hydrogen-bond acceptors (Lipinski definition) is 3. The Morgan fingerprint density at radius 2 is 2.09 bits per heavy atom. The lowest BCUT2D eigenvalue weighted by Crippen LogP contribution is -2.13. The summed E-state index contributed by atoms with van der Waals surface area (Å²) in [6, 6.07) is 0. The SMILES string of the molecule is CC(C)(C)c1n[nH]c(CO)n1. The minimum absolute atomic E-state index is 0.0517. The van der Waals surface area contributed by atoms with Gasteiger partial charge in [0.2, 0.25) is 0 Å². The van der Waals surface area contributed by atoms with Crippen molar-refractivity contribution in [3.05, 3.63) is 11.6 Å². The van der Waals surface area contributed by atoms with E-state index < -0.39 is 0 Å². The smallest absolute Gasteiger partial charge is 0.156 e. The van der Waals surface area contributed by atoms with Gasteiger partial charge in [0.15, 0.2) is 5.82 Å². The summed E-state index contributed by atoms with van der Waals surface area (Å²) < 4.78 is 0. The molecule has 1 rings (SSSR count). The predicted molar refractivity (Wildman–Crippen MR) is 41.0 cm³/mol. The molecule has 11 heavy (non-hydrogen) atoms. The highest BCUT2D eigenvalue weighted by atomic mass is 16.3. The molecule has 0 aromatic carbocycles. The summed E-state index contributed by atoms with van der Waals surface area (Å²) in [5, 5.41) is 15.3. The third-order valence-corrected chi connectivity index (χ3v) is 1.35. The van der Waals surface area contributed by atoms with Crippen LogP contribution in [0.2, 0.25) is 0 Å². The summed E-state index contributed by atoms with van der Waals surface area (Å²) in [6.45, 7) is 6.00. The molecular formula is C7H13N3O. The summed E-state index contributed by atoms with van der Waals surface area (Å²) >= 11 is 0. The maximum atomic E-state index is 8.68. The quantitative estimate of drug-likeness (QED) is 0.624. The van der Waals surface area contributed by atoms with E-state index in [0.29, 0.717) is 5.82 Å². The molecule has 0 aliphatic rings. The number of nitrogens with zero attached hydrogens (tertiary/aromatic N) is 2. The number of rotatable bonds is 1. The van der Waals surface area contributed by atoms with Crippen molar-refractivity contribution in [1.82, 2.24) is 15.2 Å². The molecule has 1 aromatic rings. The highest BCUT2D eigenvalue weighted by Gasteiger charge is 2.18. The summed E-state index contributed by atoms with van der Waals surface area (Å²) in [5.74, 6) is 1.26. The first-order valence-corrected chi connectivity index (χ1v) is 3.56. The van der Waals surface area contributed by atoms with E-state index >= 15 is 0 Å². The Kier molecular flexibility index (Phi) is 1.95. The van der Waals surface area contributed by atoms with Crippen LogP contribution >= 0.6 is 0 Å². The molecule has 0 saturated carbocycles. The summed E-state index contributed by atoms with van der Waals surface area (Å²) in [6.07, 6.45) is 0. The second-order valence-corrected chi connectivity index (χ2v) is 3.51. The van der Waals surface area contributed by atoms with Gasteiger partial charge >= 0.3 is 0 Å². The number of aromatic nitrogens is 3. The van der Waals surface area contributed by atoms with Gasteiger partial charge in [0, 0.05) is 5.41 Å². The summed E-state index contributed by atoms with van der Waals surface area (Å²) in [4.78, 5) is 4.08. The first-order valence-electron chi connectivity index (χ1n) is 3.56. The molecule has 0 unspecified atom stereocenters. The molecule has 1 heterocycles. The van der Waals surface area contributed by atoms with E-state index in [1.807, 2.05) is 20.8 Å². The van der Waals surface area contributed by atoms with E-state index in [-0.39, 0.29) is 12.0 Å². The molecule has 0 radical (unpaired) electrons. The molecule has 0 aliphatic carbocycles. The lowest BCUT2D eigenvalue weighted by atomic mass is 9.96. The van der Waals surface area contributed by atoms with Crippen molar-refractivity contribution >= 4 is 0 Å². The maximum Gasteiger partial charge on any atom is 0.156 e. The predicted octanol–water partition coefficient (Wildman–Crippen LogP) is 0.594. The average molecular weight is 155 g/mol. The van der Waals surface area contributed by atoms with Crippen LogP contribution in [0.1, 0.15) is 32.4 Å². The fourth-order valence-corrected chi connectivity index (χ4v) is 0.701. The van der Waals surface area contributed by atoms with E-state index in [9.17, 15) is 0 Å². The largest absolute Gasteiger partial charge is 0.388 e. The van der Waals surface area contributed by atoms with E-state index in [0.717, 1.165) is 5.82 Å². The molecular weight excluding hydrogens is 142 g/mol. The van der Waals surface area contributed by atoms with Crippen molar-refractivity contribution in [1.29, 1.82) is 0 Å². The minimum Gasteiger partial charge on any atom is -0.388 e. The Labute approximate surface area is 65.7 Å². The topological polar surface area (TPSA) is 61.8 Å². The number of H-pyrrole nitrogens is 1. The van der Waals surface area contributed by atoms with Crippen LogP contribution < -0.4 is 0 Å². The van der Waals surface area contributed by atoms with Crippen LogP contribution in [0.4, 0.5) is 0 Å². The van der Waals surface area contributed by atoms with Crippen LogP contribution in [-0.4, -0.2) is 20.3 Å². The first-order chi connectivity index (χ1) is 5.04. The second-order valence-electron chi connectivity index (χ2n) is 3.51. The minimum atomic E-state index is -0.0803. The van der Waals surface area contributed by atoms with E-state index in [4.69, 9.17) is 5.11 Å². The van der Waals surface area contributed by atoms with Gasteiger partial charge in [0.1, 0.15) is 12.4 Å². The molecule has 4 heteroatoms. The number of hydrogen-bond donors (Lipinski definition) is 2. The maximum absolute atomic E-state index is 8.68. The number of aliphatic hydroxyl groups excluding tert-OH is 1. The number of aliphatic hydroxyl groups is 1. The van der Waals surface area contributed by atoms with Crippen molar-refractivity contribution in [2.75, 3.05) is 0 Å². The number of aromatic amines is 1. The molecule has 0 atom stereocenters. The fraction of sp³-hybridized carbons (Fsp3) is 0.714. The van der Waals surface area contributed by atoms with Gasteiger partial charge in [-0.25, -0.2) is 4.98 Å². The molecule has 0 spiro atoms. The Bertz CT molecular complexity index is 236. The Morgan fingerprint density at radius 3 is 2.36 bits per heavy atom. The molecule has 0 amide bonds. The van der Waals surface area contributed by atoms with Crippen molar-refractivity contribution in [3.8, 4) is 0 Å². The summed E-state index contributed by atoms with van der Waals surface area (Å²) in [7, 11) is 0. The van der Waals surface area contributed by atoms with Crippen LogP contribution in [-0.2, 0) is 12.0 Å². The van der Waals surface area contributed by atoms with E-state index in [1.165, 1.54) is 0 Å². The molecule has 4 nitrogen and oxygen atoms in total. The van der Waals surface area contributed by atoms with Crippen LogP contribution in [0.3, 0.4) is 0 Å². The Hall–Kier alpha value is -0.900. The van der Waals surface area contributed by atoms with Gasteiger partial charge in [-0.2, -0.15) is 5.10 Å². The monoisotopic (exact) mass is 155 g/mol. The molecule has 2 N–H and O–H groups in total. The first kappa shape index (κ1) is 8.20. The molecule has 0 fully saturated rings. The van der Waals surface area contributed by atoms with Gasteiger partial charge in [-0.05, 0) is 0 Å². The second kappa shape index (κ2) is 2.62. The highest BCUT2D eigenvalue weighted by Crippen LogP contribution is 2.16. The number of nitrogens with one attached hydrogen (secondary N) is 1. The molecule has 62 valence electrons. The van der Waals surface area contributed by atoms with Crippen molar-refractivity contribution in [2.45, 2.75) is 32.8 Å². The zero-order valence-corrected chi connectivity index (χ0v) is 7.05. The normalized spacial score (nSPS) is 12.0. The van der Waals surface area contributed by atoms with E-state index in [1.54, 1.807) is 0 Å². The molecule has 0 bridgehead atoms. The molecule has 0 saturated heterocycles. The third kappa shape index (κ3) is 1.77. The summed E-state index contributed by atoms with van der Waals surface area (Å²) in [5.41, 5.74) is -0.0517. The zero-order valence-electron chi connectivity index (χ0n) is 7.05. The highest BCUT2D eigenvalue weighted by molar-refractivity contribution is 5.01. The standard InChI is InChI=1S/C7H13N3O/c1-7(2,3)6-8-5(4-11)9-10-6/h11H,4H2,1-3H3,(H,8,9,10). The van der Waals surface area contributed by atoms with Gasteiger partial charge in [-0.1, -0.05) is 20.8 Å². The van der Waals surface area contributed by atoms with Gasteiger partial charge in [-0.15, -0.1) is 0 Å². The van der Waals surface area contributed by atoms with Gasteiger partial charge < -0.3 is 5.11 Å². The Morgan fingerprint density at radius 1 is 1.45 bits per heavy atom. The molecule has 0 aliphatic heterocycles. The lowest BCUT2D eigenvalue weighted by Gasteiger charge is -2.11. The van der Waals surface area contributed by atoms with Crippen molar-refractivity contribution < 1.29 is 5.11 Å². The van der Waals surface area contributed by atoms with Gasteiger partial charge in [-0.3, -0.25) is 5.10 Å². The van der Waals surface area contributed by atoms with Crippen LogP contribution in [0.15, 0.2) is 0 Å². The average Bonchev–Trinajstić information content (AvgIpc) is 2.32. The van der Waals surface area contributed by atoms with Crippen molar-refractivity contribution in [3.63, 3.8) is 0 Å². The van der Waals surface area contributed by atoms with E-state index in [2.05, 4.69) is 15.2 Å². The third-order valence-electron chi connectivity index (χ3n) is 1.35. The molecule has 1 aromatic heterocycles. The van der Waals surface area contributed by atoms with Gasteiger partial charge in [0.05, 0.1) is 0 Å². The van der Waals surface area contributed by atoms with Crippen molar-refractivity contribution in [2.24, 2.45) is 0 Å². The lowest BCUT2D eigenvalue weighted by molar-refractivity contribution is 0.271. The van der Waals surface area contributed by atoms with Gasteiger partial charge in [0.25, 0.3) is 0 Å². The zero-order chi connectivity index (χ0) is 8.48. The van der Waals surface area contributed by atoms with Crippen LogP contribution in [0.5, 0.6) is 0 Å². The van der Waals surface area contributed by atoms with Crippen LogP contribution in [0.25, 0.3) is 0 Å². The fourth-order valence-electron chi connectivity index (χ4n) is 0.701. The van der Waals surface area contributed by atoms with Crippen LogP contribution in [0, 0.1) is 0 Å². The Balaban J connectivity index is 2.89.